The number of nitrogens with zero attached hydrogens (tertiary/aromatic N) is 2. The third kappa shape index (κ3) is 6.21. The number of benzene rings is 1. The van der Waals surface area contributed by atoms with Crippen molar-refractivity contribution in [1.29, 1.82) is 0 Å². The van der Waals surface area contributed by atoms with Crippen LogP contribution in [0.5, 0.6) is 5.75 Å². The Morgan fingerprint density at radius 2 is 1.80 bits per heavy atom. The van der Waals surface area contributed by atoms with Gasteiger partial charge < -0.3 is 19.3 Å². The van der Waals surface area contributed by atoms with Gasteiger partial charge in [0.15, 0.2) is 0 Å². The average Bonchev–Trinajstić information content (AvgIpc) is 3.28. The van der Waals surface area contributed by atoms with Gasteiger partial charge in [-0.15, -0.1) is 0 Å². The maximum atomic E-state index is 13.0. The summed E-state index contributed by atoms with van der Waals surface area (Å²) in [6, 6.07) is 7.52. The molecule has 1 aliphatic heterocycles. The van der Waals surface area contributed by atoms with E-state index < -0.39 is 0 Å². The van der Waals surface area contributed by atoms with E-state index in [1.807, 2.05) is 41.1 Å². The number of hydrogen-bond donors (Lipinski definition) is 0. The van der Waals surface area contributed by atoms with Crippen molar-refractivity contribution >= 4 is 11.8 Å². The molecule has 2 amide bonds. The predicted molar refractivity (Wildman–Crippen MR) is 117 cm³/mol. The third-order valence-corrected chi connectivity index (χ3v) is 6.40. The second-order valence-corrected chi connectivity index (χ2v) is 8.65. The largest absolute Gasteiger partial charge is 0.489 e. The van der Waals surface area contributed by atoms with Gasteiger partial charge in [0, 0.05) is 46.6 Å². The van der Waals surface area contributed by atoms with Crippen LogP contribution in [0.2, 0.25) is 0 Å². The van der Waals surface area contributed by atoms with Crippen LogP contribution >= 0.6 is 0 Å². The number of hydrogen-bond acceptors (Lipinski definition) is 4. The van der Waals surface area contributed by atoms with Gasteiger partial charge in [-0.2, -0.15) is 0 Å². The minimum absolute atomic E-state index is 0.0122. The highest BCUT2D eigenvalue weighted by atomic mass is 16.5. The fourth-order valence-electron chi connectivity index (χ4n) is 4.59. The van der Waals surface area contributed by atoms with E-state index in [0.29, 0.717) is 24.4 Å². The van der Waals surface area contributed by atoms with Crippen molar-refractivity contribution in [2.24, 2.45) is 5.92 Å². The van der Waals surface area contributed by atoms with Gasteiger partial charge in [-0.3, -0.25) is 9.59 Å². The number of para-hydroxylation sites is 1. The minimum Gasteiger partial charge on any atom is -0.489 e. The molecule has 1 aromatic rings. The summed E-state index contributed by atoms with van der Waals surface area (Å²) in [4.78, 5) is 28.6. The molecule has 0 unspecified atom stereocenters. The molecule has 3 rings (SSSR count). The first-order valence-electron chi connectivity index (χ1n) is 11.4. The lowest BCUT2D eigenvalue weighted by atomic mass is 10.0. The van der Waals surface area contributed by atoms with Crippen LogP contribution in [-0.2, 0) is 9.53 Å². The second-order valence-electron chi connectivity index (χ2n) is 8.65. The average molecular weight is 417 g/mol. The first kappa shape index (κ1) is 22.6. The molecular weight excluding hydrogens is 380 g/mol. The summed E-state index contributed by atoms with van der Waals surface area (Å²) in [6.07, 6.45) is 9.24. The molecule has 0 radical (unpaired) electrons. The van der Waals surface area contributed by atoms with Gasteiger partial charge in [0.2, 0.25) is 5.91 Å². The minimum atomic E-state index is 0.0122. The highest BCUT2D eigenvalue weighted by Gasteiger charge is 2.25. The van der Waals surface area contributed by atoms with E-state index in [0.717, 1.165) is 31.7 Å². The molecule has 1 aliphatic carbocycles. The van der Waals surface area contributed by atoms with Crippen molar-refractivity contribution in [3.8, 4) is 5.75 Å². The van der Waals surface area contributed by atoms with Crippen LogP contribution in [0.4, 0.5) is 0 Å². The molecule has 6 nitrogen and oxygen atoms in total. The monoisotopic (exact) mass is 416 g/mol. The topological polar surface area (TPSA) is 59.1 Å². The summed E-state index contributed by atoms with van der Waals surface area (Å²) in [7, 11) is 3.42. The lowest BCUT2D eigenvalue weighted by molar-refractivity contribution is -0.136. The third-order valence-electron chi connectivity index (χ3n) is 6.40. The molecule has 1 saturated carbocycles. The summed E-state index contributed by atoms with van der Waals surface area (Å²) in [5.74, 6) is 1.54. The number of methoxy groups -OCH3 is 1. The Hall–Kier alpha value is -2.08. The molecule has 0 atom stereocenters. The molecule has 0 N–H and O–H groups in total. The van der Waals surface area contributed by atoms with E-state index in [1.54, 1.807) is 0 Å². The zero-order chi connectivity index (χ0) is 21.3. The number of piperidine rings is 1. The Balaban J connectivity index is 1.51. The molecule has 1 aromatic carbocycles. The van der Waals surface area contributed by atoms with E-state index in [9.17, 15) is 9.59 Å². The van der Waals surface area contributed by atoms with Crippen molar-refractivity contribution in [3.63, 3.8) is 0 Å². The van der Waals surface area contributed by atoms with Gasteiger partial charge in [-0.25, -0.2) is 0 Å². The summed E-state index contributed by atoms with van der Waals surface area (Å²) >= 11 is 0. The number of carbonyl (C=O) groups excluding carboxylic acids is 2. The highest BCUT2D eigenvalue weighted by molar-refractivity contribution is 5.96. The van der Waals surface area contributed by atoms with E-state index in [4.69, 9.17) is 9.47 Å². The fraction of sp³-hybridized carbons (Fsp3) is 0.667. The van der Waals surface area contributed by atoms with Crippen LogP contribution in [0.15, 0.2) is 24.3 Å². The van der Waals surface area contributed by atoms with Crippen LogP contribution < -0.4 is 4.74 Å². The van der Waals surface area contributed by atoms with Crippen molar-refractivity contribution in [1.82, 2.24) is 9.80 Å². The Morgan fingerprint density at radius 1 is 1.10 bits per heavy atom. The molecule has 1 heterocycles. The summed E-state index contributed by atoms with van der Waals surface area (Å²) in [6.45, 7) is 2.22. The normalized spacial score (nSPS) is 17.9. The van der Waals surface area contributed by atoms with Crippen LogP contribution in [-0.4, -0.2) is 68.1 Å². The van der Waals surface area contributed by atoms with Gasteiger partial charge in [0.05, 0.1) is 5.56 Å². The molecule has 2 fully saturated rings. The van der Waals surface area contributed by atoms with Gasteiger partial charge in [0.25, 0.3) is 5.91 Å². The molecule has 0 aromatic heterocycles. The fourth-order valence-corrected chi connectivity index (χ4v) is 4.59. The lowest BCUT2D eigenvalue weighted by Gasteiger charge is -2.32. The zero-order valence-electron chi connectivity index (χ0n) is 18.5. The van der Waals surface area contributed by atoms with E-state index >= 15 is 0 Å². The molecule has 2 aliphatic rings. The summed E-state index contributed by atoms with van der Waals surface area (Å²) in [5.41, 5.74) is 0.624. The maximum absolute atomic E-state index is 13.0. The lowest BCUT2D eigenvalue weighted by Crippen LogP contribution is -2.43. The molecule has 0 spiro atoms. The standard InChI is InChI=1S/C24H36N2O4/c1-25(15-7-10-19-8-3-4-9-19)24(28)21-11-5-6-12-22(21)30-20-13-16-26(17-14-20)23(27)18-29-2/h5-6,11-12,19-20H,3-4,7-10,13-18H2,1-2H3. The molecule has 1 saturated heterocycles. The Kier molecular flexibility index (Phi) is 8.55. The predicted octanol–water partition coefficient (Wildman–Crippen LogP) is 3.75. The number of amides is 2. The van der Waals surface area contributed by atoms with Gasteiger partial charge >= 0.3 is 0 Å². The quantitative estimate of drug-likeness (QED) is 0.615. The number of rotatable bonds is 9. The molecule has 6 heteroatoms. The van der Waals surface area contributed by atoms with Crippen molar-refractivity contribution in [2.75, 3.05) is 40.4 Å². The summed E-state index contributed by atoms with van der Waals surface area (Å²) < 4.78 is 11.2. The molecule has 0 bridgehead atoms. The molecular formula is C24H36N2O4. The van der Waals surface area contributed by atoms with Crippen molar-refractivity contribution in [2.45, 2.75) is 57.5 Å². The Bertz CT molecular complexity index is 694. The number of likely N-dealkylation sites (tertiary alicyclic amines) is 1. The smallest absolute Gasteiger partial charge is 0.257 e. The van der Waals surface area contributed by atoms with E-state index in [-0.39, 0.29) is 24.5 Å². The van der Waals surface area contributed by atoms with Crippen molar-refractivity contribution < 1.29 is 19.1 Å². The van der Waals surface area contributed by atoms with Crippen LogP contribution in [0.1, 0.15) is 61.7 Å². The van der Waals surface area contributed by atoms with Crippen LogP contribution in [0.25, 0.3) is 0 Å². The van der Waals surface area contributed by atoms with Crippen LogP contribution in [0.3, 0.4) is 0 Å². The van der Waals surface area contributed by atoms with Crippen LogP contribution in [0, 0.1) is 5.92 Å². The van der Waals surface area contributed by atoms with Gasteiger partial charge in [0.1, 0.15) is 18.5 Å². The molecule has 30 heavy (non-hydrogen) atoms. The summed E-state index contributed by atoms with van der Waals surface area (Å²) in [5, 5.41) is 0. The molecule has 166 valence electrons. The zero-order valence-corrected chi connectivity index (χ0v) is 18.5. The van der Waals surface area contributed by atoms with Crippen molar-refractivity contribution in [3.05, 3.63) is 29.8 Å². The maximum Gasteiger partial charge on any atom is 0.257 e. The SMILES string of the molecule is COCC(=O)N1CCC(Oc2ccccc2C(=O)N(C)CCCC2CCCC2)CC1. The highest BCUT2D eigenvalue weighted by Crippen LogP contribution is 2.29. The Labute approximate surface area is 180 Å². The Morgan fingerprint density at radius 3 is 2.50 bits per heavy atom. The first-order chi connectivity index (χ1) is 14.6. The second kappa shape index (κ2) is 11.3. The first-order valence-corrected chi connectivity index (χ1v) is 11.4. The van der Waals surface area contributed by atoms with Gasteiger partial charge in [-0.1, -0.05) is 37.8 Å². The van der Waals surface area contributed by atoms with E-state index in [1.165, 1.54) is 39.2 Å². The van der Waals surface area contributed by atoms with E-state index in [2.05, 4.69) is 0 Å². The van der Waals surface area contributed by atoms with Gasteiger partial charge in [-0.05, 0) is 30.9 Å². The number of carbonyl (C=O) groups is 2. The number of ether oxygens (including phenoxy) is 2.